The number of aromatic hydroxyl groups is 1. The summed E-state index contributed by atoms with van der Waals surface area (Å²) in [7, 11) is 0. The number of aliphatic hydroxyl groups excluding tert-OH is 1. The Hall–Kier alpha value is -2.06. The summed E-state index contributed by atoms with van der Waals surface area (Å²) in [6.45, 7) is 4.46. The molecule has 5 rings (SSSR count). The Labute approximate surface area is 167 Å². The third kappa shape index (κ3) is 2.50. The van der Waals surface area contributed by atoms with E-state index in [2.05, 4.69) is 50.2 Å². The van der Waals surface area contributed by atoms with Crippen molar-refractivity contribution in [1.82, 2.24) is 0 Å². The topological polar surface area (TPSA) is 40.5 Å². The van der Waals surface area contributed by atoms with Gasteiger partial charge in [0.2, 0.25) is 0 Å². The average molecular weight is 375 g/mol. The zero-order valence-electron chi connectivity index (χ0n) is 17.0. The molecule has 0 amide bonds. The quantitative estimate of drug-likeness (QED) is 0.693. The molecule has 0 radical (unpaired) electrons. The van der Waals surface area contributed by atoms with E-state index >= 15 is 0 Å². The summed E-state index contributed by atoms with van der Waals surface area (Å²) >= 11 is 0. The number of phenolic OH excluding ortho intramolecular Hbond substituents is 1. The van der Waals surface area contributed by atoms with Crippen LogP contribution < -0.4 is 0 Å². The van der Waals surface area contributed by atoms with Crippen LogP contribution in [0.25, 0.3) is 0 Å². The fourth-order valence-corrected chi connectivity index (χ4v) is 6.58. The van der Waals surface area contributed by atoms with Gasteiger partial charge in [0.05, 0.1) is 6.10 Å². The third-order valence-electron chi connectivity index (χ3n) is 8.01. The smallest absolute Gasteiger partial charge is 0.118 e. The maximum absolute atomic E-state index is 10.7. The van der Waals surface area contributed by atoms with Crippen LogP contribution in [-0.2, 0) is 18.3 Å². The van der Waals surface area contributed by atoms with Crippen molar-refractivity contribution < 1.29 is 10.2 Å². The van der Waals surface area contributed by atoms with E-state index in [4.69, 9.17) is 0 Å². The zero-order chi connectivity index (χ0) is 19.5. The minimum absolute atomic E-state index is 0.0472. The number of benzene rings is 2. The van der Waals surface area contributed by atoms with Crippen LogP contribution in [0.5, 0.6) is 5.75 Å². The molecule has 3 atom stereocenters. The Morgan fingerprint density at radius 2 is 1.79 bits per heavy atom. The van der Waals surface area contributed by atoms with E-state index in [0.29, 0.717) is 5.75 Å². The summed E-state index contributed by atoms with van der Waals surface area (Å²) in [4.78, 5) is 0. The number of allylic oxidation sites excluding steroid dienone is 1. The molecule has 146 valence electrons. The highest BCUT2D eigenvalue weighted by atomic mass is 16.3. The highest BCUT2D eigenvalue weighted by Crippen LogP contribution is 2.61. The summed E-state index contributed by atoms with van der Waals surface area (Å²) in [5.74, 6) is 0.420. The maximum Gasteiger partial charge on any atom is 0.118 e. The maximum atomic E-state index is 10.7. The molecule has 2 nitrogen and oxygen atoms in total. The van der Waals surface area contributed by atoms with Gasteiger partial charge in [0.15, 0.2) is 0 Å². The first-order chi connectivity index (χ1) is 13.4. The lowest BCUT2D eigenvalue weighted by Gasteiger charge is -2.49. The van der Waals surface area contributed by atoms with E-state index in [0.717, 1.165) is 50.5 Å². The standard InChI is InChI=1S/C26H30O2/c1-17-20-8-9-22-23-14-19(27)16-26(23,15-18-6-4-3-5-7-18)13-12-25(22,2)21(20)10-11-24(17)28/h3-7,10-11,19,27-28H,8-9,12-16H2,1-2H3/t19-,25+,26+/m1/s1. The first kappa shape index (κ1) is 18.0. The van der Waals surface area contributed by atoms with E-state index in [1.54, 1.807) is 11.1 Å². The fourth-order valence-electron chi connectivity index (χ4n) is 6.58. The van der Waals surface area contributed by atoms with Crippen LogP contribution >= 0.6 is 0 Å². The molecule has 2 aromatic rings. The lowest BCUT2D eigenvalue weighted by atomic mass is 9.55. The minimum Gasteiger partial charge on any atom is -0.508 e. The first-order valence-corrected chi connectivity index (χ1v) is 10.7. The summed E-state index contributed by atoms with van der Waals surface area (Å²) < 4.78 is 0. The SMILES string of the molecule is Cc1c(O)ccc2c1CCC1=C3C[C@@H](O)C[C@@]3(Cc3ccccc3)CC[C@]12C. The molecule has 0 aromatic heterocycles. The minimum atomic E-state index is -0.212. The van der Waals surface area contributed by atoms with E-state index in [1.165, 1.54) is 16.7 Å². The van der Waals surface area contributed by atoms with Crippen molar-refractivity contribution in [2.75, 3.05) is 0 Å². The summed E-state index contributed by atoms with van der Waals surface area (Å²) in [5.41, 5.74) is 8.50. The van der Waals surface area contributed by atoms with Gasteiger partial charge in [-0.3, -0.25) is 0 Å². The zero-order valence-corrected chi connectivity index (χ0v) is 17.0. The van der Waals surface area contributed by atoms with Crippen molar-refractivity contribution in [2.24, 2.45) is 5.41 Å². The Bertz CT molecular complexity index is 958. The number of aliphatic hydroxyl groups is 1. The van der Waals surface area contributed by atoms with Crippen molar-refractivity contribution in [3.8, 4) is 5.75 Å². The predicted octanol–water partition coefficient (Wildman–Crippen LogP) is 5.38. The van der Waals surface area contributed by atoms with Crippen LogP contribution in [0.15, 0.2) is 53.6 Å². The molecular formula is C26H30O2. The van der Waals surface area contributed by atoms with Crippen molar-refractivity contribution in [3.05, 3.63) is 75.9 Å². The number of rotatable bonds is 2. The second-order valence-corrected chi connectivity index (χ2v) is 9.53. The summed E-state index contributed by atoms with van der Waals surface area (Å²) in [6, 6.07) is 14.8. The van der Waals surface area contributed by atoms with Gasteiger partial charge in [0.1, 0.15) is 5.75 Å². The first-order valence-electron chi connectivity index (χ1n) is 10.7. The van der Waals surface area contributed by atoms with Gasteiger partial charge in [0.25, 0.3) is 0 Å². The monoisotopic (exact) mass is 374 g/mol. The van der Waals surface area contributed by atoms with E-state index in [9.17, 15) is 10.2 Å². The van der Waals surface area contributed by atoms with Crippen LogP contribution in [0.2, 0.25) is 0 Å². The van der Waals surface area contributed by atoms with Gasteiger partial charge in [-0.2, -0.15) is 0 Å². The Balaban J connectivity index is 1.64. The van der Waals surface area contributed by atoms with Gasteiger partial charge in [-0.1, -0.05) is 54.5 Å². The number of phenols is 1. The van der Waals surface area contributed by atoms with Gasteiger partial charge < -0.3 is 10.2 Å². The highest BCUT2D eigenvalue weighted by Gasteiger charge is 2.52. The van der Waals surface area contributed by atoms with Gasteiger partial charge >= 0.3 is 0 Å². The van der Waals surface area contributed by atoms with Crippen molar-refractivity contribution in [1.29, 1.82) is 0 Å². The molecule has 3 aliphatic rings. The molecule has 1 saturated carbocycles. The predicted molar refractivity (Wildman–Crippen MR) is 113 cm³/mol. The molecule has 2 N–H and O–H groups in total. The summed E-state index contributed by atoms with van der Waals surface area (Å²) in [6.07, 6.45) is 6.89. The van der Waals surface area contributed by atoms with Gasteiger partial charge in [-0.15, -0.1) is 0 Å². The molecule has 3 aliphatic carbocycles. The number of fused-ring (bicyclic) bond motifs is 4. The van der Waals surface area contributed by atoms with Gasteiger partial charge in [0, 0.05) is 5.41 Å². The Morgan fingerprint density at radius 1 is 1.00 bits per heavy atom. The average Bonchev–Trinajstić information content (AvgIpc) is 3.01. The van der Waals surface area contributed by atoms with Gasteiger partial charge in [-0.05, 0) is 85.6 Å². The molecule has 2 heteroatoms. The highest BCUT2D eigenvalue weighted by molar-refractivity contribution is 5.55. The largest absolute Gasteiger partial charge is 0.508 e. The summed E-state index contributed by atoms with van der Waals surface area (Å²) in [5, 5.41) is 20.9. The van der Waals surface area contributed by atoms with E-state index in [-0.39, 0.29) is 16.9 Å². The van der Waals surface area contributed by atoms with Crippen molar-refractivity contribution in [2.45, 2.75) is 70.3 Å². The number of hydrogen-bond donors (Lipinski definition) is 2. The normalized spacial score (nSPS) is 31.3. The van der Waals surface area contributed by atoms with Crippen molar-refractivity contribution in [3.63, 3.8) is 0 Å². The van der Waals surface area contributed by atoms with Crippen molar-refractivity contribution >= 4 is 0 Å². The molecule has 1 fully saturated rings. The number of hydrogen-bond acceptors (Lipinski definition) is 2. The molecule has 0 unspecified atom stereocenters. The van der Waals surface area contributed by atoms with Crippen LogP contribution in [0, 0.1) is 12.3 Å². The Morgan fingerprint density at radius 3 is 2.57 bits per heavy atom. The lowest BCUT2D eigenvalue weighted by Crippen LogP contribution is -2.40. The Kier molecular flexibility index (Phi) is 4.00. The van der Waals surface area contributed by atoms with Crippen LogP contribution in [0.4, 0.5) is 0 Å². The van der Waals surface area contributed by atoms with Gasteiger partial charge in [-0.25, -0.2) is 0 Å². The van der Waals surface area contributed by atoms with E-state index < -0.39 is 0 Å². The van der Waals surface area contributed by atoms with Crippen LogP contribution in [0.3, 0.4) is 0 Å². The van der Waals surface area contributed by atoms with Crippen LogP contribution in [0.1, 0.15) is 61.3 Å². The molecule has 0 saturated heterocycles. The molecule has 0 bridgehead atoms. The fraction of sp³-hybridized carbons (Fsp3) is 0.462. The molecule has 2 aromatic carbocycles. The lowest BCUT2D eigenvalue weighted by molar-refractivity contribution is 0.149. The molecule has 0 spiro atoms. The third-order valence-corrected chi connectivity index (χ3v) is 8.01. The molecular weight excluding hydrogens is 344 g/mol. The van der Waals surface area contributed by atoms with E-state index in [1.807, 2.05) is 6.07 Å². The molecule has 0 heterocycles. The molecule has 28 heavy (non-hydrogen) atoms. The second-order valence-electron chi connectivity index (χ2n) is 9.53. The molecule has 0 aliphatic heterocycles. The van der Waals surface area contributed by atoms with Crippen LogP contribution in [-0.4, -0.2) is 16.3 Å². The second kappa shape index (κ2) is 6.22.